The largest absolute Gasteiger partial charge is 0.497 e. The number of hydrogen-bond acceptors (Lipinski definition) is 8. The summed E-state index contributed by atoms with van der Waals surface area (Å²) in [5, 5.41) is 12.7. The predicted octanol–water partition coefficient (Wildman–Crippen LogP) is 1.17. The van der Waals surface area contributed by atoms with Crippen LogP contribution in [0.15, 0.2) is 24.3 Å². The minimum absolute atomic E-state index is 0.00944. The summed E-state index contributed by atoms with van der Waals surface area (Å²) in [6.07, 6.45) is -1.98. The Morgan fingerprint density at radius 1 is 1.29 bits per heavy atom. The second-order valence-corrected chi connectivity index (χ2v) is 9.20. The van der Waals surface area contributed by atoms with Crippen molar-refractivity contribution in [2.45, 2.75) is 51.6 Å². The number of nitrogens with one attached hydrogen (secondary N) is 1. The van der Waals surface area contributed by atoms with Crippen molar-refractivity contribution in [2.24, 2.45) is 5.41 Å². The first-order valence-electron chi connectivity index (χ1n) is 11.5. The van der Waals surface area contributed by atoms with Gasteiger partial charge in [0.25, 0.3) is 0 Å². The highest BCUT2D eigenvalue weighted by molar-refractivity contribution is 5.84. The maximum absolute atomic E-state index is 13.0. The minimum Gasteiger partial charge on any atom is -0.497 e. The van der Waals surface area contributed by atoms with E-state index in [1.807, 2.05) is 26.0 Å². The lowest BCUT2D eigenvalue weighted by molar-refractivity contribution is -0.257. The molecule has 10 nitrogen and oxygen atoms in total. The lowest BCUT2D eigenvalue weighted by Gasteiger charge is -2.41. The molecule has 3 rings (SSSR count). The number of hydrogen-bond donors (Lipinski definition) is 2. The van der Waals surface area contributed by atoms with Crippen LogP contribution in [-0.2, 0) is 28.6 Å². The number of carbonyl (C=O) groups is 3. The topological polar surface area (TPSA) is 124 Å². The summed E-state index contributed by atoms with van der Waals surface area (Å²) in [7, 11) is 1.59. The molecule has 0 spiro atoms. The Bertz CT molecular complexity index is 857. The second-order valence-electron chi connectivity index (χ2n) is 9.20. The normalized spacial score (nSPS) is 23.3. The average molecular weight is 479 g/mol. The molecule has 0 aliphatic carbocycles. The maximum Gasteiger partial charge on any atom is 0.250 e. The summed E-state index contributed by atoms with van der Waals surface area (Å²) in [5.74, 6) is -0.169. The number of rotatable bonds is 10. The van der Waals surface area contributed by atoms with Gasteiger partial charge in [-0.25, -0.2) is 0 Å². The van der Waals surface area contributed by atoms with Gasteiger partial charge in [-0.1, -0.05) is 26.0 Å². The molecule has 2 aliphatic rings. The zero-order chi connectivity index (χ0) is 24.7. The first-order valence-corrected chi connectivity index (χ1v) is 11.5. The Balaban J connectivity index is 1.46. The van der Waals surface area contributed by atoms with Gasteiger partial charge in [0.1, 0.15) is 24.6 Å². The van der Waals surface area contributed by atoms with E-state index < -0.39 is 29.8 Å². The van der Waals surface area contributed by atoms with Crippen LogP contribution >= 0.6 is 0 Å². The van der Waals surface area contributed by atoms with Crippen molar-refractivity contribution in [3.63, 3.8) is 0 Å². The standard InChI is InChI=1S/C24H34N2O8/c1-24(2)14-33-23(16-7-9-17(31-3)10-8-16)34-21(24)18(27)5-4-6-19(28)22(30)25-15-26-11-12-32-13-20(26)29/h7-10,19,21,23,28H,4-6,11-15H2,1-3H3,(H,25,30)/t19?,21-,23?/m0/s1. The molecule has 2 fully saturated rings. The van der Waals surface area contributed by atoms with Crippen LogP contribution in [0.4, 0.5) is 0 Å². The first-order chi connectivity index (χ1) is 16.2. The summed E-state index contributed by atoms with van der Waals surface area (Å²) in [4.78, 5) is 38.3. The molecule has 0 radical (unpaired) electrons. The molecule has 0 aromatic heterocycles. The molecular formula is C24H34N2O8. The molecular weight excluding hydrogens is 444 g/mol. The van der Waals surface area contributed by atoms with Gasteiger partial charge < -0.3 is 34.3 Å². The third kappa shape index (κ3) is 6.75. The van der Waals surface area contributed by atoms with Crippen LogP contribution in [0.2, 0.25) is 0 Å². The SMILES string of the molecule is COc1ccc(C2OCC(C)(C)[C@H](C(=O)CCCC(O)C(=O)NCN3CCOCC3=O)O2)cc1. The van der Waals surface area contributed by atoms with Gasteiger partial charge >= 0.3 is 0 Å². The molecule has 1 aromatic carbocycles. The van der Waals surface area contributed by atoms with Gasteiger partial charge in [0.2, 0.25) is 11.8 Å². The number of aliphatic hydroxyl groups excluding tert-OH is 1. The third-order valence-electron chi connectivity index (χ3n) is 5.99. The number of Topliss-reactive ketones (excluding diaryl/α,β-unsaturated/α-hetero) is 1. The molecule has 2 saturated heterocycles. The molecule has 2 heterocycles. The van der Waals surface area contributed by atoms with Gasteiger partial charge in [-0.3, -0.25) is 14.4 Å². The van der Waals surface area contributed by atoms with Crippen LogP contribution in [-0.4, -0.2) is 80.0 Å². The number of ether oxygens (including phenoxy) is 4. The Hall–Kier alpha value is -2.53. The summed E-state index contributed by atoms with van der Waals surface area (Å²) < 4.78 is 22.1. The molecule has 10 heteroatoms. The van der Waals surface area contributed by atoms with Crippen LogP contribution < -0.4 is 10.1 Å². The van der Waals surface area contributed by atoms with E-state index in [1.165, 1.54) is 4.90 Å². The molecule has 188 valence electrons. The Labute approximate surface area is 199 Å². The average Bonchev–Trinajstić information content (AvgIpc) is 2.83. The van der Waals surface area contributed by atoms with Gasteiger partial charge in [-0.05, 0) is 25.0 Å². The van der Waals surface area contributed by atoms with Gasteiger partial charge in [0.15, 0.2) is 12.1 Å². The first kappa shape index (κ1) is 26.1. The second kappa shape index (κ2) is 11.7. The fourth-order valence-corrected chi connectivity index (χ4v) is 3.90. The quantitative estimate of drug-likeness (QED) is 0.514. The van der Waals surface area contributed by atoms with Crippen LogP contribution in [0, 0.1) is 5.41 Å². The Kier molecular flexibility index (Phi) is 9.01. The number of benzene rings is 1. The summed E-state index contributed by atoms with van der Waals surface area (Å²) in [5.41, 5.74) is 0.278. The molecule has 2 aliphatic heterocycles. The Morgan fingerprint density at radius 3 is 2.71 bits per heavy atom. The smallest absolute Gasteiger partial charge is 0.250 e. The van der Waals surface area contributed by atoms with E-state index in [4.69, 9.17) is 18.9 Å². The van der Waals surface area contributed by atoms with E-state index in [0.29, 0.717) is 31.9 Å². The van der Waals surface area contributed by atoms with E-state index >= 15 is 0 Å². The fraction of sp³-hybridized carbons (Fsp3) is 0.625. The molecule has 1 aromatic rings. The number of morpholine rings is 1. The molecule has 0 saturated carbocycles. The van der Waals surface area contributed by atoms with E-state index in [2.05, 4.69) is 5.32 Å². The zero-order valence-electron chi connectivity index (χ0n) is 20.0. The molecule has 34 heavy (non-hydrogen) atoms. The number of ketones is 1. The lowest BCUT2D eigenvalue weighted by Crippen LogP contribution is -2.49. The molecule has 2 unspecified atom stereocenters. The highest BCUT2D eigenvalue weighted by Crippen LogP contribution is 2.37. The van der Waals surface area contributed by atoms with Crippen molar-refractivity contribution >= 4 is 17.6 Å². The van der Waals surface area contributed by atoms with E-state index in [0.717, 1.165) is 5.56 Å². The van der Waals surface area contributed by atoms with Crippen molar-refractivity contribution in [3.8, 4) is 5.75 Å². The summed E-state index contributed by atoms with van der Waals surface area (Å²) in [6.45, 7) is 4.99. The maximum atomic E-state index is 13.0. The van der Waals surface area contributed by atoms with Crippen molar-refractivity contribution in [1.29, 1.82) is 0 Å². The van der Waals surface area contributed by atoms with Crippen LogP contribution in [0.5, 0.6) is 5.75 Å². The van der Waals surface area contributed by atoms with Crippen molar-refractivity contribution in [2.75, 3.05) is 40.1 Å². The number of aliphatic hydroxyl groups is 1. The van der Waals surface area contributed by atoms with Gasteiger partial charge in [0, 0.05) is 23.9 Å². The summed E-state index contributed by atoms with van der Waals surface area (Å²) in [6, 6.07) is 7.28. The monoisotopic (exact) mass is 478 g/mol. The van der Waals surface area contributed by atoms with Crippen LogP contribution in [0.25, 0.3) is 0 Å². The van der Waals surface area contributed by atoms with E-state index in [1.54, 1.807) is 19.2 Å². The van der Waals surface area contributed by atoms with Crippen molar-refractivity contribution in [1.82, 2.24) is 10.2 Å². The number of carbonyl (C=O) groups excluding carboxylic acids is 3. The Morgan fingerprint density at radius 2 is 2.03 bits per heavy atom. The van der Waals surface area contributed by atoms with Crippen LogP contribution in [0.3, 0.4) is 0 Å². The third-order valence-corrected chi connectivity index (χ3v) is 5.99. The molecule has 2 amide bonds. The van der Waals surface area contributed by atoms with E-state index in [-0.39, 0.29) is 37.8 Å². The predicted molar refractivity (Wildman–Crippen MR) is 121 cm³/mol. The zero-order valence-corrected chi connectivity index (χ0v) is 20.0. The highest BCUT2D eigenvalue weighted by Gasteiger charge is 2.42. The van der Waals surface area contributed by atoms with Crippen LogP contribution in [0.1, 0.15) is 45.0 Å². The minimum atomic E-state index is -1.26. The number of amides is 2. The number of nitrogens with zero attached hydrogens (tertiary/aromatic N) is 1. The lowest BCUT2D eigenvalue weighted by atomic mass is 9.82. The molecule has 3 atom stereocenters. The fourth-order valence-electron chi connectivity index (χ4n) is 3.90. The molecule has 0 bridgehead atoms. The van der Waals surface area contributed by atoms with Gasteiger partial charge in [-0.15, -0.1) is 0 Å². The van der Waals surface area contributed by atoms with Gasteiger partial charge in [-0.2, -0.15) is 0 Å². The van der Waals surface area contributed by atoms with Gasteiger partial charge in [0.05, 0.1) is 27.0 Å². The van der Waals surface area contributed by atoms with Crippen molar-refractivity contribution in [3.05, 3.63) is 29.8 Å². The van der Waals surface area contributed by atoms with E-state index in [9.17, 15) is 19.5 Å². The molecule has 2 N–H and O–H groups in total. The highest BCUT2D eigenvalue weighted by atomic mass is 16.7. The number of methoxy groups -OCH3 is 1. The summed E-state index contributed by atoms with van der Waals surface area (Å²) >= 11 is 0. The van der Waals surface area contributed by atoms with Crippen molar-refractivity contribution < 1.29 is 38.4 Å².